The maximum absolute atomic E-state index is 13.0. The van der Waals surface area contributed by atoms with Crippen molar-refractivity contribution in [1.29, 1.82) is 0 Å². The number of nitrogens with zero attached hydrogens (tertiary/aromatic N) is 1. The van der Waals surface area contributed by atoms with Gasteiger partial charge >= 0.3 is 0 Å². The van der Waals surface area contributed by atoms with E-state index in [0.29, 0.717) is 23.7 Å². The normalized spacial score (nSPS) is 23.6. The Morgan fingerprint density at radius 1 is 1.23 bits per heavy atom. The Balaban J connectivity index is 1.72. The zero-order valence-electron chi connectivity index (χ0n) is 17.9. The Morgan fingerprint density at radius 3 is 2.63 bits per heavy atom. The topological polar surface area (TPSA) is 85.4 Å². The first kappa shape index (κ1) is 21.1. The van der Waals surface area contributed by atoms with Crippen molar-refractivity contribution in [3.8, 4) is 5.75 Å². The van der Waals surface area contributed by atoms with Crippen LogP contribution in [0.3, 0.4) is 0 Å². The summed E-state index contributed by atoms with van der Waals surface area (Å²) in [4.78, 5) is 25.5. The molecular formula is C22H29N3O4S. The maximum Gasteiger partial charge on any atom is 0.270 e. The third-order valence-electron chi connectivity index (χ3n) is 5.45. The van der Waals surface area contributed by atoms with E-state index >= 15 is 0 Å². The fourth-order valence-electron chi connectivity index (χ4n) is 4.19. The lowest BCUT2D eigenvalue weighted by Crippen LogP contribution is -2.36. The van der Waals surface area contributed by atoms with Crippen LogP contribution in [-0.2, 0) is 9.53 Å². The smallest absolute Gasteiger partial charge is 0.270 e. The standard InChI is InChI=1S/C22H29N3O4S/c1-13(2)29-16-7-5-14(6-8-16)19-18-20(23-17(26)12-30-19)25(24-21(18)27)15-9-10-28-22(3,4)11-15/h5-8,13,15,19H,9-12H2,1-4H3,(H,23,26)(H,24,27)/t15-,19+/m0/s1. The summed E-state index contributed by atoms with van der Waals surface area (Å²) in [6.07, 6.45) is 1.64. The Kier molecular flexibility index (Phi) is 5.72. The van der Waals surface area contributed by atoms with Crippen molar-refractivity contribution in [1.82, 2.24) is 9.78 Å². The van der Waals surface area contributed by atoms with Crippen molar-refractivity contribution < 1.29 is 14.3 Å². The number of fused-ring (bicyclic) bond motifs is 1. The van der Waals surface area contributed by atoms with Crippen LogP contribution in [-0.4, -0.2) is 39.8 Å². The molecule has 1 saturated heterocycles. The Morgan fingerprint density at radius 2 is 1.97 bits per heavy atom. The molecule has 3 heterocycles. The van der Waals surface area contributed by atoms with E-state index in [2.05, 4.69) is 24.3 Å². The van der Waals surface area contributed by atoms with Gasteiger partial charge in [0.25, 0.3) is 5.56 Å². The molecule has 4 rings (SSSR count). The fraction of sp³-hybridized carbons (Fsp3) is 0.545. The van der Waals surface area contributed by atoms with Gasteiger partial charge in [-0.3, -0.25) is 19.4 Å². The summed E-state index contributed by atoms with van der Waals surface area (Å²) in [5.74, 6) is 1.58. The summed E-state index contributed by atoms with van der Waals surface area (Å²) in [6, 6.07) is 7.85. The molecule has 2 aromatic rings. The van der Waals surface area contributed by atoms with E-state index in [9.17, 15) is 9.59 Å². The molecule has 0 spiro atoms. The Bertz CT molecular complexity index is 977. The van der Waals surface area contributed by atoms with E-state index in [0.717, 1.165) is 24.2 Å². The molecule has 2 N–H and O–H groups in total. The number of hydrogen-bond donors (Lipinski definition) is 2. The van der Waals surface area contributed by atoms with E-state index in [1.54, 1.807) is 0 Å². The minimum atomic E-state index is -0.272. The minimum Gasteiger partial charge on any atom is -0.491 e. The number of anilines is 1. The number of benzene rings is 1. The highest BCUT2D eigenvalue weighted by Gasteiger charge is 2.36. The molecular weight excluding hydrogens is 402 g/mol. The summed E-state index contributed by atoms with van der Waals surface area (Å²) >= 11 is 1.47. The van der Waals surface area contributed by atoms with Crippen LogP contribution in [0.15, 0.2) is 29.1 Å². The number of carbonyl (C=O) groups is 1. The number of carbonyl (C=O) groups excluding carboxylic acids is 1. The first-order valence-electron chi connectivity index (χ1n) is 10.4. The van der Waals surface area contributed by atoms with E-state index in [1.807, 2.05) is 42.8 Å². The molecule has 2 aliphatic rings. The predicted molar refractivity (Wildman–Crippen MR) is 118 cm³/mol. The van der Waals surface area contributed by atoms with Gasteiger partial charge in [-0.2, -0.15) is 0 Å². The van der Waals surface area contributed by atoms with E-state index < -0.39 is 0 Å². The summed E-state index contributed by atoms with van der Waals surface area (Å²) in [5, 5.41) is 5.75. The number of aromatic nitrogens is 2. The van der Waals surface area contributed by atoms with Gasteiger partial charge in [0.05, 0.1) is 34.3 Å². The Hall–Kier alpha value is -2.19. The van der Waals surface area contributed by atoms with Crippen LogP contribution in [0.4, 0.5) is 5.82 Å². The average molecular weight is 432 g/mol. The highest BCUT2D eigenvalue weighted by Crippen LogP contribution is 2.42. The minimum absolute atomic E-state index is 0.0658. The van der Waals surface area contributed by atoms with Gasteiger partial charge < -0.3 is 14.8 Å². The highest BCUT2D eigenvalue weighted by molar-refractivity contribution is 8.00. The molecule has 162 valence electrons. The van der Waals surface area contributed by atoms with Crippen molar-refractivity contribution in [3.05, 3.63) is 45.7 Å². The van der Waals surface area contributed by atoms with Crippen LogP contribution in [0.5, 0.6) is 5.75 Å². The predicted octanol–water partition coefficient (Wildman–Crippen LogP) is 3.87. The molecule has 1 aromatic heterocycles. The van der Waals surface area contributed by atoms with Crippen LogP contribution in [0.2, 0.25) is 0 Å². The number of amides is 1. The molecule has 1 fully saturated rings. The first-order chi connectivity index (χ1) is 14.2. The SMILES string of the molecule is CC(C)Oc1ccc([C@H]2SCC(=O)Nc3c2c(=O)[nH]n3[C@H]2CCOC(C)(C)C2)cc1. The largest absolute Gasteiger partial charge is 0.491 e. The van der Waals surface area contributed by atoms with E-state index in [1.165, 1.54) is 11.8 Å². The van der Waals surface area contributed by atoms with Crippen LogP contribution in [0, 0.1) is 0 Å². The Labute approximate surface area is 180 Å². The molecule has 0 saturated carbocycles. The maximum atomic E-state index is 13.0. The van der Waals surface area contributed by atoms with Gasteiger partial charge in [-0.25, -0.2) is 0 Å². The molecule has 0 unspecified atom stereocenters. The van der Waals surface area contributed by atoms with Gasteiger partial charge in [-0.05, 0) is 58.2 Å². The fourth-order valence-corrected chi connectivity index (χ4v) is 5.32. The van der Waals surface area contributed by atoms with Gasteiger partial charge in [-0.15, -0.1) is 11.8 Å². The third kappa shape index (κ3) is 4.30. The zero-order valence-corrected chi connectivity index (χ0v) is 18.7. The molecule has 0 radical (unpaired) electrons. The first-order valence-corrected chi connectivity index (χ1v) is 11.4. The lowest BCUT2D eigenvalue weighted by atomic mass is 9.94. The number of thioether (sulfide) groups is 1. The van der Waals surface area contributed by atoms with Gasteiger partial charge in [0.2, 0.25) is 5.91 Å². The van der Waals surface area contributed by atoms with Crippen molar-refractivity contribution in [2.45, 2.75) is 63.5 Å². The summed E-state index contributed by atoms with van der Waals surface area (Å²) in [7, 11) is 0. The third-order valence-corrected chi connectivity index (χ3v) is 6.72. The lowest BCUT2D eigenvalue weighted by Gasteiger charge is -2.36. The summed E-state index contributed by atoms with van der Waals surface area (Å²) < 4.78 is 13.4. The number of nitrogens with one attached hydrogen (secondary N) is 2. The molecule has 1 amide bonds. The number of H-pyrrole nitrogens is 1. The number of aromatic amines is 1. The van der Waals surface area contributed by atoms with Crippen molar-refractivity contribution in [2.75, 3.05) is 17.7 Å². The quantitative estimate of drug-likeness (QED) is 0.768. The second kappa shape index (κ2) is 8.15. The molecule has 2 aliphatic heterocycles. The molecule has 8 heteroatoms. The van der Waals surface area contributed by atoms with Crippen LogP contribution < -0.4 is 15.6 Å². The number of hydrogen-bond acceptors (Lipinski definition) is 5. The molecule has 7 nitrogen and oxygen atoms in total. The number of rotatable bonds is 4. The van der Waals surface area contributed by atoms with Crippen LogP contribution >= 0.6 is 11.8 Å². The van der Waals surface area contributed by atoms with Crippen LogP contribution in [0.1, 0.15) is 63.0 Å². The second-order valence-corrected chi connectivity index (χ2v) is 9.90. The van der Waals surface area contributed by atoms with Gasteiger partial charge in [-0.1, -0.05) is 12.1 Å². The molecule has 2 atom stereocenters. The van der Waals surface area contributed by atoms with Crippen molar-refractivity contribution >= 4 is 23.5 Å². The summed E-state index contributed by atoms with van der Waals surface area (Å²) in [6.45, 7) is 8.70. The van der Waals surface area contributed by atoms with Crippen LogP contribution in [0.25, 0.3) is 0 Å². The van der Waals surface area contributed by atoms with Crippen molar-refractivity contribution in [2.24, 2.45) is 0 Å². The van der Waals surface area contributed by atoms with Crippen molar-refractivity contribution in [3.63, 3.8) is 0 Å². The molecule has 1 aromatic carbocycles. The van der Waals surface area contributed by atoms with Gasteiger partial charge in [0.1, 0.15) is 11.6 Å². The van der Waals surface area contributed by atoms with Gasteiger partial charge in [0, 0.05) is 6.61 Å². The average Bonchev–Trinajstić information content (AvgIpc) is 2.87. The molecule has 0 aliphatic carbocycles. The molecule has 30 heavy (non-hydrogen) atoms. The lowest BCUT2D eigenvalue weighted by molar-refractivity contribution is -0.113. The monoisotopic (exact) mass is 431 g/mol. The van der Waals surface area contributed by atoms with E-state index in [4.69, 9.17) is 9.47 Å². The zero-order chi connectivity index (χ0) is 21.5. The van der Waals surface area contributed by atoms with E-state index in [-0.39, 0.29) is 34.5 Å². The van der Waals surface area contributed by atoms with Gasteiger partial charge in [0.15, 0.2) is 0 Å². The second-order valence-electron chi connectivity index (χ2n) is 8.80. The molecule has 0 bridgehead atoms. The highest BCUT2D eigenvalue weighted by atomic mass is 32.2. The number of ether oxygens (including phenoxy) is 2. The summed E-state index contributed by atoms with van der Waals surface area (Å²) in [5.41, 5.74) is 1.15.